The van der Waals surface area contributed by atoms with Gasteiger partial charge in [-0.15, -0.1) is 0 Å². The molecule has 6 nitrogen and oxygen atoms in total. The number of ether oxygens (including phenoxy) is 1. The SMILES string of the molecule is CC=C1/C(=C\C=N)NC(=O)[C@@H](C)CCC[C@H](N)c2cc1cc(OC)n2. The lowest BCUT2D eigenvalue weighted by Crippen LogP contribution is -2.30. The maximum Gasteiger partial charge on any atom is 0.227 e. The zero-order chi connectivity index (χ0) is 18.4. The summed E-state index contributed by atoms with van der Waals surface area (Å²) >= 11 is 0. The number of nitrogens with one attached hydrogen (secondary N) is 2. The fourth-order valence-electron chi connectivity index (χ4n) is 2.91. The van der Waals surface area contributed by atoms with E-state index in [2.05, 4.69) is 10.3 Å². The summed E-state index contributed by atoms with van der Waals surface area (Å²) in [5.74, 6) is 0.302. The van der Waals surface area contributed by atoms with Crippen molar-refractivity contribution in [3.63, 3.8) is 0 Å². The van der Waals surface area contributed by atoms with Crippen LogP contribution >= 0.6 is 0 Å². The van der Waals surface area contributed by atoms with Crippen LogP contribution in [0.5, 0.6) is 5.88 Å². The molecule has 1 aromatic heterocycles. The Morgan fingerprint density at radius 1 is 1.40 bits per heavy atom. The number of hydrogen-bond acceptors (Lipinski definition) is 5. The van der Waals surface area contributed by atoms with Gasteiger partial charge in [0.05, 0.1) is 12.8 Å². The Morgan fingerprint density at radius 3 is 2.80 bits per heavy atom. The predicted molar refractivity (Wildman–Crippen MR) is 99.4 cm³/mol. The van der Waals surface area contributed by atoms with Crippen LogP contribution in [0.4, 0.5) is 0 Å². The molecule has 2 heterocycles. The molecule has 0 saturated heterocycles. The molecule has 4 N–H and O–H groups in total. The van der Waals surface area contributed by atoms with Gasteiger partial charge in [0.15, 0.2) is 0 Å². The smallest absolute Gasteiger partial charge is 0.227 e. The molecule has 1 aliphatic heterocycles. The zero-order valence-corrected chi connectivity index (χ0v) is 15.0. The van der Waals surface area contributed by atoms with Crippen molar-refractivity contribution in [3.8, 4) is 5.88 Å². The molecule has 2 rings (SSSR count). The second-order valence-electron chi connectivity index (χ2n) is 6.20. The second-order valence-corrected chi connectivity index (χ2v) is 6.20. The van der Waals surface area contributed by atoms with E-state index in [1.54, 1.807) is 13.2 Å². The van der Waals surface area contributed by atoms with E-state index in [0.29, 0.717) is 11.6 Å². The van der Waals surface area contributed by atoms with Crippen molar-refractivity contribution in [1.82, 2.24) is 10.3 Å². The Hall–Kier alpha value is -2.47. The van der Waals surface area contributed by atoms with Crippen molar-refractivity contribution in [2.75, 3.05) is 7.11 Å². The first-order chi connectivity index (χ1) is 12.0. The van der Waals surface area contributed by atoms with Crippen molar-refractivity contribution in [3.05, 3.63) is 41.2 Å². The third-order valence-corrected chi connectivity index (χ3v) is 4.41. The van der Waals surface area contributed by atoms with Crippen LogP contribution in [-0.2, 0) is 4.79 Å². The molecular weight excluding hydrogens is 316 g/mol. The number of pyridine rings is 1. The zero-order valence-electron chi connectivity index (χ0n) is 15.0. The highest BCUT2D eigenvalue weighted by Gasteiger charge is 2.20. The highest BCUT2D eigenvalue weighted by Crippen LogP contribution is 2.29. The van der Waals surface area contributed by atoms with Gasteiger partial charge in [-0.2, -0.15) is 0 Å². The number of aromatic nitrogens is 1. The molecular formula is C19H26N4O2. The summed E-state index contributed by atoms with van der Waals surface area (Å²) in [5.41, 5.74) is 9.32. The van der Waals surface area contributed by atoms with E-state index >= 15 is 0 Å². The minimum atomic E-state index is -0.211. The lowest BCUT2D eigenvalue weighted by atomic mass is 9.95. The molecule has 6 heteroatoms. The summed E-state index contributed by atoms with van der Waals surface area (Å²) in [6.45, 7) is 3.80. The minimum Gasteiger partial charge on any atom is -0.481 e. The number of carbonyl (C=O) groups is 1. The highest BCUT2D eigenvalue weighted by molar-refractivity contribution is 5.91. The molecule has 0 aliphatic carbocycles. The summed E-state index contributed by atoms with van der Waals surface area (Å²) in [7, 11) is 1.57. The van der Waals surface area contributed by atoms with E-state index in [9.17, 15) is 4.79 Å². The van der Waals surface area contributed by atoms with Gasteiger partial charge in [0.1, 0.15) is 0 Å². The molecule has 0 radical (unpaired) electrons. The molecule has 2 bridgehead atoms. The quantitative estimate of drug-likeness (QED) is 0.719. The first-order valence-corrected chi connectivity index (χ1v) is 8.50. The average Bonchev–Trinajstić information content (AvgIpc) is 2.61. The fraction of sp³-hybridized carbons (Fsp3) is 0.421. The normalized spacial score (nSPS) is 25.0. The van der Waals surface area contributed by atoms with Crippen LogP contribution in [0.3, 0.4) is 0 Å². The molecule has 134 valence electrons. The Kier molecular flexibility index (Phi) is 6.47. The van der Waals surface area contributed by atoms with E-state index in [0.717, 1.165) is 36.1 Å². The summed E-state index contributed by atoms with van der Waals surface area (Å²) in [5, 5.41) is 10.4. The van der Waals surface area contributed by atoms with Crippen LogP contribution in [-0.4, -0.2) is 24.2 Å². The first kappa shape index (κ1) is 18.9. The largest absolute Gasteiger partial charge is 0.481 e. The standard InChI is InChI=1S/C19H26N4O2/c1-4-14-13-10-17(22-18(11-13)25-3)15(21)7-5-6-12(2)19(24)23-16(14)8-9-20/h4,8-12,15,20H,5-7,21H2,1-3H3,(H,23,24)/b14-4?,16-8+,20-9?/t12-,15-/m0/s1. The monoisotopic (exact) mass is 342 g/mol. The Morgan fingerprint density at radius 2 is 2.16 bits per heavy atom. The molecule has 25 heavy (non-hydrogen) atoms. The minimum absolute atomic E-state index is 0.0529. The number of rotatable bonds is 2. The third kappa shape index (κ3) is 4.54. The van der Waals surface area contributed by atoms with E-state index < -0.39 is 0 Å². The number of amides is 1. The topological polar surface area (TPSA) is 101 Å². The molecule has 1 aromatic rings. The lowest BCUT2D eigenvalue weighted by Gasteiger charge is -2.21. The Labute approximate surface area is 148 Å². The van der Waals surface area contributed by atoms with Crippen molar-refractivity contribution in [2.24, 2.45) is 11.7 Å². The summed E-state index contributed by atoms with van der Waals surface area (Å²) < 4.78 is 5.32. The van der Waals surface area contributed by atoms with E-state index in [1.165, 1.54) is 6.21 Å². The van der Waals surface area contributed by atoms with Crippen LogP contribution in [0.1, 0.15) is 50.4 Å². The molecule has 0 aromatic carbocycles. The van der Waals surface area contributed by atoms with Crippen LogP contribution in [0.2, 0.25) is 0 Å². The van der Waals surface area contributed by atoms with Gasteiger partial charge in [0.25, 0.3) is 0 Å². The van der Waals surface area contributed by atoms with Gasteiger partial charge in [-0.1, -0.05) is 19.4 Å². The number of hydrogen-bond donors (Lipinski definition) is 3. The van der Waals surface area contributed by atoms with Crippen molar-refractivity contribution in [2.45, 2.75) is 39.2 Å². The average molecular weight is 342 g/mol. The van der Waals surface area contributed by atoms with Crippen LogP contribution in [0.25, 0.3) is 5.57 Å². The van der Waals surface area contributed by atoms with E-state index in [4.69, 9.17) is 15.9 Å². The van der Waals surface area contributed by atoms with Gasteiger partial charge < -0.3 is 21.2 Å². The van der Waals surface area contributed by atoms with Crippen molar-refractivity contribution >= 4 is 17.7 Å². The number of allylic oxidation sites excluding steroid dienone is 3. The number of carbonyl (C=O) groups excluding carboxylic acids is 1. The molecule has 1 aliphatic rings. The fourth-order valence-corrected chi connectivity index (χ4v) is 2.91. The van der Waals surface area contributed by atoms with Crippen LogP contribution in [0.15, 0.2) is 30.0 Å². The number of methoxy groups -OCH3 is 1. The molecule has 0 saturated carbocycles. The van der Waals surface area contributed by atoms with Gasteiger partial charge in [-0.05, 0) is 37.5 Å². The van der Waals surface area contributed by atoms with Gasteiger partial charge in [0.2, 0.25) is 11.8 Å². The van der Waals surface area contributed by atoms with Crippen molar-refractivity contribution in [1.29, 1.82) is 5.41 Å². The molecule has 0 spiro atoms. The van der Waals surface area contributed by atoms with Crippen molar-refractivity contribution < 1.29 is 9.53 Å². The molecule has 2 atom stereocenters. The number of nitrogens with two attached hydrogens (primary N) is 1. The summed E-state index contributed by atoms with van der Waals surface area (Å²) in [6.07, 6.45) is 6.99. The van der Waals surface area contributed by atoms with Gasteiger partial charge in [-0.3, -0.25) is 4.79 Å². The van der Waals surface area contributed by atoms with Gasteiger partial charge >= 0.3 is 0 Å². The molecule has 0 fully saturated rings. The maximum atomic E-state index is 12.5. The van der Waals surface area contributed by atoms with E-state index in [1.807, 2.05) is 32.1 Å². The van der Waals surface area contributed by atoms with Gasteiger partial charge in [0, 0.05) is 35.5 Å². The predicted octanol–water partition coefficient (Wildman–Crippen LogP) is 2.96. The third-order valence-electron chi connectivity index (χ3n) is 4.41. The lowest BCUT2D eigenvalue weighted by molar-refractivity contribution is -0.123. The summed E-state index contributed by atoms with van der Waals surface area (Å²) in [6, 6.07) is 3.53. The molecule has 0 unspecified atom stereocenters. The molecule has 1 amide bonds. The van der Waals surface area contributed by atoms with Crippen LogP contribution < -0.4 is 15.8 Å². The Balaban J connectivity index is 2.60. The summed E-state index contributed by atoms with van der Waals surface area (Å²) in [4.78, 5) is 17.0. The maximum absolute atomic E-state index is 12.5. The Bertz CT molecular complexity index is 709. The van der Waals surface area contributed by atoms with Gasteiger partial charge in [-0.25, -0.2) is 4.98 Å². The van der Waals surface area contributed by atoms with E-state index in [-0.39, 0.29) is 17.9 Å². The first-order valence-electron chi connectivity index (χ1n) is 8.50. The van der Waals surface area contributed by atoms with Crippen LogP contribution in [0, 0.1) is 11.3 Å². The second kappa shape index (κ2) is 8.58. The highest BCUT2D eigenvalue weighted by atomic mass is 16.5. The number of fused-ring (bicyclic) bond motifs is 2. The number of nitrogens with zero attached hydrogens (tertiary/aromatic N) is 1.